The molecule has 0 radical (unpaired) electrons. The van der Waals surface area contributed by atoms with E-state index in [0.717, 1.165) is 36.8 Å². The summed E-state index contributed by atoms with van der Waals surface area (Å²) >= 11 is 0. The van der Waals surface area contributed by atoms with E-state index in [9.17, 15) is 9.59 Å². The van der Waals surface area contributed by atoms with Crippen molar-refractivity contribution in [3.8, 4) is 11.5 Å². The Hall–Kier alpha value is -3.84. The molecule has 7 heteroatoms. The van der Waals surface area contributed by atoms with Gasteiger partial charge in [0.2, 0.25) is 5.76 Å². The lowest BCUT2D eigenvalue weighted by Gasteiger charge is -2.28. The molecular formula is C30H32N2O5. The van der Waals surface area contributed by atoms with E-state index < -0.39 is 6.04 Å². The van der Waals surface area contributed by atoms with Crippen LogP contribution in [0.4, 0.5) is 0 Å². The molecule has 0 aliphatic carbocycles. The summed E-state index contributed by atoms with van der Waals surface area (Å²) in [7, 11) is 3.14. The predicted molar refractivity (Wildman–Crippen MR) is 145 cm³/mol. The first-order valence-electron chi connectivity index (χ1n) is 12.8. The van der Waals surface area contributed by atoms with Crippen LogP contribution in [0.2, 0.25) is 0 Å². The number of amides is 1. The Balaban J connectivity index is 1.71. The summed E-state index contributed by atoms with van der Waals surface area (Å²) in [6, 6.07) is 16.3. The number of methoxy groups -OCH3 is 2. The number of carbonyl (C=O) groups is 1. The van der Waals surface area contributed by atoms with Gasteiger partial charge in [0.05, 0.1) is 31.2 Å². The SMILES string of the molecule is CCN(CC)CCCN1C(=O)c2oc3c(ccc4ccccc43)c(=O)c2C1c1cccc(OC)c1OC. The number of hydrogen-bond acceptors (Lipinski definition) is 6. The smallest absolute Gasteiger partial charge is 0.290 e. The maximum Gasteiger partial charge on any atom is 0.290 e. The van der Waals surface area contributed by atoms with Crippen LogP contribution in [-0.2, 0) is 0 Å². The predicted octanol–water partition coefficient (Wildman–Crippen LogP) is 5.24. The largest absolute Gasteiger partial charge is 0.493 e. The number of rotatable bonds is 9. The van der Waals surface area contributed by atoms with Crippen molar-refractivity contribution in [3.05, 3.63) is 81.7 Å². The van der Waals surface area contributed by atoms with Crippen LogP contribution in [0.1, 0.15) is 48.0 Å². The van der Waals surface area contributed by atoms with Gasteiger partial charge in [-0.1, -0.05) is 56.3 Å². The second kappa shape index (κ2) is 10.3. The van der Waals surface area contributed by atoms with Gasteiger partial charge in [0, 0.05) is 17.5 Å². The van der Waals surface area contributed by atoms with E-state index in [-0.39, 0.29) is 17.1 Å². The van der Waals surface area contributed by atoms with E-state index in [0.29, 0.717) is 40.1 Å². The number of hydrogen-bond donors (Lipinski definition) is 0. The van der Waals surface area contributed by atoms with Crippen molar-refractivity contribution < 1.29 is 18.7 Å². The first-order chi connectivity index (χ1) is 18.0. The summed E-state index contributed by atoms with van der Waals surface area (Å²) in [6.45, 7) is 7.46. The number of nitrogens with zero attached hydrogens (tertiary/aromatic N) is 2. The van der Waals surface area contributed by atoms with Crippen LogP contribution in [0, 0.1) is 0 Å². The fraction of sp³-hybridized carbons (Fsp3) is 0.333. The van der Waals surface area contributed by atoms with Gasteiger partial charge in [0.25, 0.3) is 5.91 Å². The van der Waals surface area contributed by atoms with Crippen molar-refractivity contribution in [3.63, 3.8) is 0 Å². The van der Waals surface area contributed by atoms with E-state index in [1.165, 1.54) is 0 Å². The Bertz CT molecular complexity index is 1520. The molecule has 192 valence electrons. The standard InChI is InChI=1S/C30H32N2O5/c1-5-31(6-2)17-10-18-32-25(21-13-9-14-23(35-3)28(21)36-4)24-26(33)22-16-15-19-11-7-8-12-20(19)27(22)37-29(24)30(32)34/h7-9,11-16,25H,5-6,10,17-18H2,1-4H3. The molecule has 37 heavy (non-hydrogen) atoms. The van der Waals surface area contributed by atoms with Crippen LogP contribution < -0.4 is 14.9 Å². The normalized spacial score (nSPS) is 15.1. The minimum absolute atomic E-state index is 0.103. The lowest BCUT2D eigenvalue weighted by molar-refractivity contribution is 0.0718. The van der Waals surface area contributed by atoms with Crippen LogP contribution >= 0.6 is 0 Å². The number of ether oxygens (including phenoxy) is 2. The van der Waals surface area contributed by atoms with Crippen molar-refractivity contribution in [2.45, 2.75) is 26.3 Å². The molecule has 2 heterocycles. The van der Waals surface area contributed by atoms with Gasteiger partial charge in [0.15, 0.2) is 16.9 Å². The van der Waals surface area contributed by atoms with Gasteiger partial charge < -0.3 is 23.7 Å². The number of fused-ring (bicyclic) bond motifs is 4. The molecule has 3 aromatic carbocycles. The fourth-order valence-electron chi connectivity index (χ4n) is 5.43. The average molecular weight is 501 g/mol. The van der Waals surface area contributed by atoms with Gasteiger partial charge in [0.1, 0.15) is 5.58 Å². The highest BCUT2D eigenvalue weighted by atomic mass is 16.5. The zero-order valence-electron chi connectivity index (χ0n) is 21.7. The third-order valence-corrected chi connectivity index (χ3v) is 7.35. The summed E-state index contributed by atoms with van der Waals surface area (Å²) in [4.78, 5) is 32.0. The van der Waals surface area contributed by atoms with Crippen LogP contribution in [-0.4, -0.2) is 56.1 Å². The van der Waals surface area contributed by atoms with Gasteiger partial charge in [-0.05, 0) is 43.6 Å². The maximum absolute atomic E-state index is 14.0. The van der Waals surface area contributed by atoms with Gasteiger partial charge in [-0.3, -0.25) is 9.59 Å². The molecule has 0 saturated carbocycles. The third-order valence-electron chi connectivity index (χ3n) is 7.35. The Morgan fingerprint density at radius 2 is 1.70 bits per heavy atom. The monoisotopic (exact) mass is 500 g/mol. The Morgan fingerprint density at radius 3 is 2.43 bits per heavy atom. The van der Waals surface area contributed by atoms with Crippen molar-refractivity contribution >= 4 is 27.6 Å². The number of benzene rings is 3. The molecule has 0 spiro atoms. The molecule has 1 aromatic heterocycles. The van der Waals surface area contributed by atoms with E-state index in [1.54, 1.807) is 31.3 Å². The second-order valence-electron chi connectivity index (χ2n) is 9.20. The van der Waals surface area contributed by atoms with E-state index in [4.69, 9.17) is 13.9 Å². The minimum atomic E-state index is -0.642. The minimum Gasteiger partial charge on any atom is -0.493 e. The topological polar surface area (TPSA) is 72.2 Å². The van der Waals surface area contributed by atoms with E-state index in [1.807, 2.05) is 42.5 Å². The van der Waals surface area contributed by atoms with E-state index in [2.05, 4.69) is 18.7 Å². The number of carbonyl (C=O) groups excluding carboxylic acids is 1. The van der Waals surface area contributed by atoms with Crippen LogP contribution in [0.25, 0.3) is 21.7 Å². The zero-order chi connectivity index (χ0) is 26.1. The van der Waals surface area contributed by atoms with Gasteiger partial charge in [-0.25, -0.2) is 0 Å². The summed E-state index contributed by atoms with van der Waals surface area (Å²) < 4.78 is 17.6. The molecule has 1 unspecified atom stereocenters. The average Bonchev–Trinajstić information content (AvgIpc) is 3.21. The molecule has 0 N–H and O–H groups in total. The molecule has 5 rings (SSSR count). The van der Waals surface area contributed by atoms with Crippen LogP contribution in [0.15, 0.2) is 63.8 Å². The lowest BCUT2D eigenvalue weighted by atomic mass is 9.96. The lowest BCUT2D eigenvalue weighted by Crippen LogP contribution is -2.33. The molecule has 0 saturated heterocycles. The van der Waals surface area contributed by atoms with Gasteiger partial charge >= 0.3 is 0 Å². The molecule has 0 fully saturated rings. The highest BCUT2D eigenvalue weighted by molar-refractivity contribution is 6.06. The zero-order valence-corrected chi connectivity index (χ0v) is 21.7. The van der Waals surface area contributed by atoms with Gasteiger partial charge in [-0.2, -0.15) is 0 Å². The fourth-order valence-corrected chi connectivity index (χ4v) is 5.43. The summed E-state index contributed by atoms with van der Waals surface area (Å²) in [5.74, 6) is 0.866. The van der Waals surface area contributed by atoms with Crippen LogP contribution in [0.3, 0.4) is 0 Å². The molecule has 1 amide bonds. The summed E-state index contributed by atoms with van der Waals surface area (Å²) in [6.07, 6.45) is 0.765. The molecule has 1 aliphatic heterocycles. The summed E-state index contributed by atoms with van der Waals surface area (Å²) in [5, 5.41) is 2.22. The van der Waals surface area contributed by atoms with Crippen molar-refractivity contribution in [1.29, 1.82) is 0 Å². The summed E-state index contributed by atoms with van der Waals surface area (Å²) in [5.41, 5.74) is 1.29. The highest BCUT2D eigenvalue weighted by Crippen LogP contribution is 2.45. The molecule has 0 bridgehead atoms. The van der Waals surface area contributed by atoms with E-state index >= 15 is 0 Å². The third kappa shape index (κ3) is 4.13. The maximum atomic E-state index is 14.0. The first-order valence-corrected chi connectivity index (χ1v) is 12.8. The Kier molecular flexibility index (Phi) is 6.89. The quantitative estimate of drug-likeness (QED) is 0.293. The van der Waals surface area contributed by atoms with Crippen molar-refractivity contribution in [2.24, 2.45) is 0 Å². The molecule has 4 aromatic rings. The molecular weight excluding hydrogens is 468 g/mol. The molecule has 1 aliphatic rings. The first kappa shape index (κ1) is 24.8. The van der Waals surface area contributed by atoms with Crippen molar-refractivity contribution in [2.75, 3.05) is 40.4 Å². The highest BCUT2D eigenvalue weighted by Gasteiger charge is 2.44. The number of para-hydroxylation sites is 1. The molecule has 7 nitrogen and oxygen atoms in total. The van der Waals surface area contributed by atoms with Gasteiger partial charge in [-0.15, -0.1) is 0 Å². The Labute approximate surface area is 216 Å². The van der Waals surface area contributed by atoms with Crippen molar-refractivity contribution in [1.82, 2.24) is 9.80 Å². The Morgan fingerprint density at radius 1 is 0.919 bits per heavy atom. The molecule has 1 atom stereocenters. The second-order valence-corrected chi connectivity index (χ2v) is 9.20. The van der Waals surface area contributed by atoms with Crippen LogP contribution in [0.5, 0.6) is 11.5 Å².